The van der Waals surface area contributed by atoms with E-state index in [0.717, 1.165) is 39.2 Å². The molecule has 0 bridgehead atoms. The predicted molar refractivity (Wildman–Crippen MR) is 155 cm³/mol. The summed E-state index contributed by atoms with van der Waals surface area (Å²) < 4.78 is 3.18. The molecule has 6 nitrogen and oxygen atoms in total. The maximum Gasteiger partial charge on any atom is 0.226 e. The molecule has 2 aromatic carbocycles. The van der Waals surface area contributed by atoms with Crippen molar-refractivity contribution in [3.8, 4) is 5.69 Å². The fourth-order valence-corrected chi connectivity index (χ4v) is 5.57. The minimum atomic E-state index is -0.154. The lowest BCUT2D eigenvalue weighted by Crippen LogP contribution is -2.33. The van der Waals surface area contributed by atoms with Crippen LogP contribution in [0.25, 0.3) is 5.69 Å². The second kappa shape index (κ2) is 11.3. The van der Waals surface area contributed by atoms with Gasteiger partial charge in [0.2, 0.25) is 5.91 Å². The highest BCUT2D eigenvalue weighted by atomic mass is 79.9. The van der Waals surface area contributed by atoms with E-state index in [9.17, 15) is 4.79 Å². The molecule has 0 saturated carbocycles. The summed E-state index contributed by atoms with van der Waals surface area (Å²) in [6.45, 7) is 2.56. The van der Waals surface area contributed by atoms with E-state index in [0.29, 0.717) is 18.1 Å². The fourth-order valence-electron chi connectivity index (χ4n) is 4.85. The number of benzene rings is 2. The third-order valence-corrected chi connectivity index (χ3v) is 7.47. The molecule has 1 aliphatic heterocycles. The summed E-state index contributed by atoms with van der Waals surface area (Å²) in [6.07, 6.45) is 5.02. The Balaban J connectivity index is 1.44. The molecule has 0 radical (unpaired) electrons. The highest BCUT2D eigenvalue weighted by Gasteiger charge is 2.41. The van der Waals surface area contributed by atoms with Gasteiger partial charge in [0.1, 0.15) is 0 Å². The van der Waals surface area contributed by atoms with Gasteiger partial charge in [-0.05, 0) is 72.7 Å². The zero-order valence-electron chi connectivity index (χ0n) is 20.5. The zero-order chi connectivity index (χ0) is 25.8. The summed E-state index contributed by atoms with van der Waals surface area (Å²) in [5.41, 5.74) is 5.00. The van der Waals surface area contributed by atoms with Gasteiger partial charge in [0.05, 0.1) is 17.8 Å². The van der Waals surface area contributed by atoms with Crippen molar-refractivity contribution in [1.29, 1.82) is 0 Å². The Morgan fingerprint density at radius 2 is 1.92 bits per heavy atom. The third-order valence-electron chi connectivity index (χ3n) is 6.62. The molecule has 0 unspecified atom stereocenters. The van der Waals surface area contributed by atoms with Crippen LogP contribution in [0.4, 0.5) is 5.69 Å². The van der Waals surface area contributed by atoms with Gasteiger partial charge < -0.3 is 20.1 Å². The fraction of sp³-hybridized carbons (Fsp3) is 0.207. The maximum atomic E-state index is 13.0. The quantitative estimate of drug-likeness (QED) is 0.246. The number of carbonyl (C=O) groups excluding carboxylic acids is 1. The number of aromatic nitrogens is 2. The molecule has 2 atom stereocenters. The van der Waals surface area contributed by atoms with Crippen molar-refractivity contribution >= 4 is 44.9 Å². The van der Waals surface area contributed by atoms with Gasteiger partial charge in [0, 0.05) is 46.9 Å². The first-order valence-electron chi connectivity index (χ1n) is 12.3. The van der Waals surface area contributed by atoms with Crippen LogP contribution in [0.3, 0.4) is 0 Å². The van der Waals surface area contributed by atoms with Gasteiger partial charge >= 0.3 is 0 Å². The summed E-state index contributed by atoms with van der Waals surface area (Å²) in [4.78, 5) is 19.7. The minimum absolute atomic E-state index is 0.0360. The van der Waals surface area contributed by atoms with Crippen molar-refractivity contribution in [2.45, 2.75) is 31.8 Å². The topological polar surface area (TPSA) is 62.2 Å². The monoisotopic (exact) mass is 573 g/mol. The molecule has 0 aliphatic carbocycles. The van der Waals surface area contributed by atoms with Crippen molar-refractivity contribution in [3.05, 3.63) is 113 Å². The van der Waals surface area contributed by atoms with E-state index in [-0.39, 0.29) is 18.0 Å². The molecule has 1 saturated heterocycles. The Labute approximate surface area is 230 Å². The van der Waals surface area contributed by atoms with Crippen LogP contribution in [-0.4, -0.2) is 32.0 Å². The van der Waals surface area contributed by atoms with Gasteiger partial charge in [0.25, 0.3) is 0 Å². The summed E-state index contributed by atoms with van der Waals surface area (Å²) in [5.74, 6) is -0.0360. The molecule has 4 aromatic rings. The van der Waals surface area contributed by atoms with Gasteiger partial charge in [0.15, 0.2) is 5.11 Å². The van der Waals surface area contributed by atoms with Crippen LogP contribution in [0.1, 0.15) is 42.4 Å². The van der Waals surface area contributed by atoms with E-state index in [4.69, 9.17) is 12.2 Å². The van der Waals surface area contributed by atoms with Crippen molar-refractivity contribution in [1.82, 2.24) is 19.8 Å². The average molecular weight is 575 g/mol. The van der Waals surface area contributed by atoms with E-state index in [2.05, 4.69) is 72.3 Å². The number of anilines is 1. The number of pyridine rings is 1. The smallest absolute Gasteiger partial charge is 0.226 e. The Morgan fingerprint density at radius 1 is 1.08 bits per heavy atom. The first-order chi connectivity index (χ1) is 18.0. The van der Waals surface area contributed by atoms with Crippen LogP contribution in [0.5, 0.6) is 0 Å². The standard InChI is InChI=1S/C29H28BrN5OS/c1-2-20-9-3-4-12-23(20)32-26(36)15-18-35-28(27(33-29(35)37)24-13-5-6-16-31-24)25-14-8-17-34(25)22-11-7-10-21(30)19-22/h3-14,16-17,19,27-28H,2,15,18H2,1H3,(H,32,36)(H,33,37)/t27-,28-/m1/s1. The van der Waals surface area contributed by atoms with E-state index in [1.165, 1.54) is 0 Å². The minimum Gasteiger partial charge on any atom is -0.352 e. The summed E-state index contributed by atoms with van der Waals surface area (Å²) in [7, 11) is 0. The molecule has 3 heterocycles. The molecule has 1 amide bonds. The lowest BCUT2D eigenvalue weighted by molar-refractivity contribution is -0.116. The normalized spacial score (nSPS) is 17.0. The molecule has 188 valence electrons. The number of hydrogen-bond acceptors (Lipinski definition) is 3. The number of aryl methyl sites for hydroxylation is 1. The molecule has 0 spiro atoms. The molecule has 37 heavy (non-hydrogen) atoms. The molecule has 2 aromatic heterocycles. The number of rotatable bonds is 8. The van der Waals surface area contributed by atoms with Gasteiger partial charge in [-0.1, -0.05) is 53.2 Å². The lowest BCUT2D eigenvalue weighted by atomic mass is 10.0. The van der Waals surface area contributed by atoms with Crippen LogP contribution in [0.2, 0.25) is 0 Å². The molecular formula is C29H28BrN5OS. The van der Waals surface area contributed by atoms with Crippen molar-refractivity contribution in [3.63, 3.8) is 0 Å². The number of para-hydroxylation sites is 1. The van der Waals surface area contributed by atoms with Crippen molar-refractivity contribution in [2.24, 2.45) is 0 Å². The highest BCUT2D eigenvalue weighted by molar-refractivity contribution is 9.10. The van der Waals surface area contributed by atoms with Crippen molar-refractivity contribution < 1.29 is 4.79 Å². The summed E-state index contributed by atoms with van der Waals surface area (Å²) in [5, 5.41) is 7.18. The maximum absolute atomic E-state index is 13.0. The molecular weight excluding hydrogens is 546 g/mol. The summed E-state index contributed by atoms with van der Waals surface area (Å²) >= 11 is 9.40. The van der Waals surface area contributed by atoms with Crippen LogP contribution in [0, 0.1) is 0 Å². The Morgan fingerprint density at radius 3 is 2.70 bits per heavy atom. The summed E-state index contributed by atoms with van der Waals surface area (Å²) in [6, 6.07) is 25.9. The van der Waals surface area contributed by atoms with Gasteiger partial charge in [-0.3, -0.25) is 9.78 Å². The molecule has 5 rings (SSSR count). The third kappa shape index (κ3) is 5.45. The van der Waals surface area contributed by atoms with Gasteiger partial charge in [-0.15, -0.1) is 0 Å². The predicted octanol–water partition coefficient (Wildman–Crippen LogP) is 6.20. The number of nitrogens with zero attached hydrogens (tertiary/aromatic N) is 3. The van der Waals surface area contributed by atoms with E-state index in [1.807, 2.05) is 60.7 Å². The number of amides is 1. The number of nitrogens with one attached hydrogen (secondary N) is 2. The highest BCUT2D eigenvalue weighted by Crippen LogP contribution is 2.39. The number of hydrogen-bond donors (Lipinski definition) is 2. The van der Waals surface area contributed by atoms with Crippen LogP contribution in [-0.2, 0) is 11.2 Å². The zero-order valence-corrected chi connectivity index (χ0v) is 22.9. The second-order valence-corrected chi connectivity index (χ2v) is 10.2. The first-order valence-corrected chi connectivity index (χ1v) is 13.5. The Bertz CT molecular complexity index is 1410. The molecule has 2 N–H and O–H groups in total. The largest absolute Gasteiger partial charge is 0.352 e. The van der Waals surface area contributed by atoms with Crippen LogP contribution >= 0.6 is 28.1 Å². The van der Waals surface area contributed by atoms with E-state index in [1.54, 1.807) is 6.20 Å². The molecule has 1 aliphatic rings. The van der Waals surface area contributed by atoms with Crippen LogP contribution < -0.4 is 10.6 Å². The molecule has 1 fully saturated rings. The van der Waals surface area contributed by atoms with E-state index >= 15 is 0 Å². The number of halogens is 1. The number of carbonyl (C=O) groups is 1. The van der Waals surface area contributed by atoms with Crippen molar-refractivity contribution in [2.75, 3.05) is 11.9 Å². The van der Waals surface area contributed by atoms with E-state index < -0.39 is 0 Å². The second-order valence-electron chi connectivity index (χ2n) is 8.91. The SMILES string of the molecule is CCc1ccccc1NC(=O)CCN1C(=S)N[C@H](c2ccccn2)[C@H]1c1cccn1-c1cccc(Br)c1. The molecule has 8 heteroatoms. The first kappa shape index (κ1) is 25.2. The van der Waals surface area contributed by atoms with Gasteiger partial charge in [-0.25, -0.2) is 0 Å². The lowest BCUT2D eigenvalue weighted by Gasteiger charge is -2.29. The Kier molecular flexibility index (Phi) is 7.67. The van der Waals surface area contributed by atoms with Gasteiger partial charge in [-0.2, -0.15) is 0 Å². The Hall–Kier alpha value is -3.49. The number of thiocarbonyl (C=S) groups is 1. The van der Waals surface area contributed by atoms with Crippen LogP contribution in [0.15, 0.2) is 95.7 Å². The average Bonchev–Trinajstić information content (AvgIpc) is 3.52.